The van der Waals surface area contributed by atoms with E-state index in [0.717, 1.165) is 17.0 Å². The fourth-order valence-corrected chi connectivity index (χ4v) is 0.924. The van der Waals surface area contributed by atoms with Crippen molar-refractivity contribution in [2.24, 2.45) is 0 Å². The van der Waals surface area contributed by atoms with Crippen LogP contribution in [0.15, 0.2) is 36.4 Å². The van der Waals surface area contributed by atoms with Gasteiger partial charge in [-0.2, -0.15) is 0 Å². The van der Waals surface area contributed by atoms with Crippen molar-refractivity contribution in [3.63, 3.8) is 0 Å². The Bertz CT molecular complexity index is 277. The molecule has 0 saturated heterocycles. The highest BCUT2D eigenvalue weighted by Gasteiger charge is 1.93. The number of nitrogens with one attached hydrogen (secondary N) is 1. The molecule has 0 unspecified atom stereocenters. The van der Waals surface area contributed by atoms with Crippen molar-refractivity contribution in [3.05, 3.63) is 36.4 Å². The van der Waals surface area contributed by atoms with E-state index in [0.29, 0.717) is 6.61 Å². The van der Waals surface area contributed by atoms with Gasteiger partial charge in [0.05, 0.1) is 0 Å². The summed E-state index contributed by atoms with van der Waals surface area (Å²) in [6.07, 6.45) is 0. The molecular weight excluding hydrogens is 162 g/mol. The highest BCUT2D eigenvalue weighted by atomic mass is 16.5. The molecule has 0 saturated carbocycles. The van der Waals surface area contributed by atoms with Gasteiger partial charge in [-0.05, 0) is 36.8 Å². The van der Waals surface area contributed by atoms with Crippen LogP contribution in [0, 0.1) is 0 Å². The van der Waals surface area contributed by atoms with Crippen molar-refractivity contribution in [2.45, 2.75) is 6.92 Å². The molecular formula is C11H15NO. The van der Waals surface area contributed by atoms with Crippen molar-refractivity contribution < 1.29 is 4.74 Å². The molecule has 0 radical (unpaired) electrons. The Labute approximate surface area is 79.2 Å². The Morgan fingerprint density at radius 2 is 2.00 bits per heavy atom. The van der Waals surface area contributed by atoms with Gasteiger partial charge in [-0.1, -0.05) is 6.58 Å². The van der Waals surface area contributed by atoms with Crippen LogP contribution in [0.5, 0.6) is 5.75 Å². The molecule has 0 spiro atoms. The zero-order valence-electron chi connectivity index (χ0n) is 8.13. The van der Waals surface area contributed by atoms with Crippen LogP contribution in [0.4, 0.5) is 5.69 Å². The maximum absolute atomic E-state index is 5.44. The molecule has 0 amide bonds. The highest BCUT2D eigenvalue weighted by Crippen LogP contribution is 2.15. The predicted molar refractivity (Wildman–Crippen MR) is 56.3 cm³/mol. The van der Waals surface area contributed by atoms with Crippen molar-refractivity contribution in [2.75, 3.05) is 19.0 Å². The Kier molecular flexibility index (Phi) is 3.38. The second kappa shape index (κ2) is 4.55. The van der Waals surface area contributed by atoms with E-state index in [9.17, 15) is 0 Å². The van der Waals surface area contributed by atoms with Gasteiger partial charge in [0, 0.05) is 12.7 Å². The van der Waals surface area contributed by atoms with Crippen LogP contribution in [0.25, 0.3) is 0 Å². The molecule has 1 aromatic rings. The Morgan fingerprint density at radius 3 is 2.46 bits per heavy atom. The van der Waals surface area contributed by atoms with Gasteiger partial charge >= 0.3 is 0 Å². The van der Waals surface area contributed by atoms with Crippen LogP contribution in [0.2, 0.25) is 0 Å². The van der Waals surface area contributed by atoms with Crippen LogP contribution in [0.3, 0.4) is 0 Å². The first-order valence-electron chi connectivity index (χ1n) is 4.27. The van der Waals surface area contributed by atoms with Gasteiger partial charge in [-0.25, -0.2) is 0 Å². The zero-order chi connectivity index (χ0) is 9.68. The first-order valence-corrected chi connectivity index (χ1v) is 4.27. The van der Waals surface area contributed by atoms with E-state index < -0.39 is 0 Å². The summed E-state index contributed by atoms with van der Waals surface area (Å²) < 4.78 is 5.44. The van der Waals surface area contributed by atoms with Gasteiger partial charge in [0.1, 0.15) is 12.4 Å². The molecule has 0 atom stereocenters. The van der Waals surface area contributed by atoms with Crippen LogP contribution in [-0.4, -0.2) is 13.7 Å². The molecule has 0 aliphatic carbocycles. The minimum atomic E-state index is 0.582. The number of ether oxygens (including phenoxy) is 1. The standard InChI is InChI=1S/C11H15NO/c1-9(2)8-13-11-6-4-10(12-3)5-7-11/h4-7,12H,1,8H2,2-3H3. The van der Waals surface area contributed by atoms with E-state index in [1.54, 1.807) is 0 Å². The third kappa shape index (κ3) is 3.20. The lowest BCUT2D eigenvalue weighted by Gasteiger charge is -2.06. The molecule has 0 aliphatic heterocycles. The maximum atomic E-state index is 5.44. The molecule has 13 heavy (non-hydrogen) atoms. The van der Waals surface area contributed by atoms with Gasteiger partial charge in [0.15, 0.2) is 0 Å². The van der Waals surface area contributed by atoms with E-state index in [2.05, 4.69) is 11.9 Å². The van der Waals surface area contributed by atoms with E-state index in [1.165, 1.54) is 0 Å². The summed E-state index contributed by atoms with van der Waals surface area (Å²) in [7, 11) is 1.89. The van der Waals surface area contributed by atoms with Crippen molar-refractivity contribution >= 4 is 5.69 Å². The maximum Gasteiger partial charge on any atom is 0.119 e. The Balaban J connectivity index is 2.54. The van der Waals surface area contributed by atoms with E-state index in [-0.39, 0.29) is 0 Å². The van der Waals surface area contributed by atoms with Crippen LogP contribution < -0.4 is 10.1 Å². The van der Waals surface area contributed by atoms with Crippen LogP contribution in [0.1, 0.15) is 6.92 Å². The van der Waals surface area contributed by atoms with Crippen molar-refractivity contribution in [3.8, 4) is 5.75 Å². The first kappa shape index (κ1) is 9.65. The third-order valence-electron chi connectivity index (χ3n) is 1.63. The molecule has 0 aliphatic rings. The number of anilines is 1. The third-order valence-corrected chi connectivity index (χ3v) is 1.63. The average Bonchev–Trinajstić information content (AvgIpc) is 2.15. The second-order valence-corrected chi connectivity index (χ2v) is 3.02. The first-order chi connectivity index (χ1) is 6.22. The molecule has 1 aromatic carbocycles. The average molecular weight is 177 g/mol. The molecule has 1 N–H and O–H groups in total. The van der Waals surface area contributed by atoms with E-state index in [4.69, 9.17) is 4.74 Å². The Hall–Kier alpha value is -1.44. The lowest BCUT2D eigenvalue weighted by atomic mass is 10.3. The van der Waals surface area contributed by atoms with Gasteiger partial charge in [0.25, 0.3) is 0 Å². The van der Waals surface area contributed by atoms with Crippen LogP contribution >= 0.6 is 0 Å². The summed E-state index contributed by atoms with van der Waals surface area (Å²) in [4.78, 5) is 0. The molecule has 2 nitrogen and oxygen atoms in total. The van der Waals surface area contributed by atoms with Gasteiger partial charge in [-0.3, -0.25) is 0 Å². The summed E-state index contributed by atoms with van der Waals surface area (Å²) in [6, 6.07) is 7.84. The van der Waals surface area contributed by atoms with E-state index in [1.807, 2.05) is 38.2 Å². The molecule has 1 rings (SSSR count). The second-order valence-electron chi connectivity index (χ2n) is 3.02. The minimum absolute atomic E-state index is 0.582. The van der Waals surface area contributed by atoms with Crippen molar-refractivity contribution in [1.29, 1.82) is 0 Å². The smallest absolute Gasteiger partial charge is 0.119 e. The van der Waals surface area contributed by atoms with E-state index >= 15 is 0 Å². The fourth-order valence-electron chi connectivity index (χ4n) is 0.924. The summed E-state index contributed by atoms with van der Waals surface area (Å²) in [5, 5.41) is 3.05. The van der Waals surface area contributed by atoms with Gasteiger partial charge in [-0.15, -0.1) is 0 Å². The summed E-state index contributed by atoms with van der Waals surface area (Å²) in [6.45, 7) is 6.30. The monoisotopic (exact) mass is 177 g/mol. The van der Waals surface area contributed by atoms with Crippen molar-refractivity contribution in [1.82, 2.24) is 0 Å². The highest BCUT2D eigenvalue weighted by molar-refractivity contribution is 5.45. The van der Waals surface area contributed by atoms with Gasteiger partial charge < -0.3 is 10.1 Å². The largest absolute Gasteiger partial charge is 0.489 e. The predicted octanol–water partition coefficient (Wildman–Crippen LogP) is 2.68. The molecule has 0 bridgehead atoms. The topological polar surface area (TPSA) is 21.3 Å². The Morgan fingerprint density at radius 1 is 1.38 bits per heavy atom. The fraction of sp³-hybridized carbons (Fsp3) is 0.273. The minimum Gasteiger partial charge on any atom is -0.489 e. The quantitative estimate of drug-likeness (QED) is 0.714. The summed E-state index contributed by atoms with van der Waals surface area (Å²) in [5.74, 6) is 0.877. The normalized spacial score (nSPS) is 9.38. The summed E-state index contributed by atoms with van der Waals surface area (Å²) >= 11 is 0. The number of benzene rings is 1. The molecule has 0 fully saturated rings. The number of rotatable bonds is 4. The SMILES string of the molecule is C=C(C)COc1ccc(NC)cc1. The molecule has 2 heteroatoms. The molecule has 70 valence electrons. The number of hydrogen-bond donors (Lipinski definition) is 1. The number of hydrogen-bond acceptors (Lipinski definition) is 2. The van der Waals surface area contributed by atoms with Crippen LogP contribution in [-0.2, 0) is 0 Å². The van der Waals surface area contributed by atoms with Gasteiger partial charge in [0.2, 0.25) is 0 Å². The molecule has 0 heterocycles. The lowest BCUT2D eigenvalue weighted by Crippen LogP contribution is -1.97. The lowest BCUT2D eigenvalue weighted by molar-refractivity contribution is 0.353. The summed E-state index contributed by atoms with van der Waals surface area (Å²) in [5.41, 5.74) is 2.11. The molecule has 0 aromatic heterocycles. The zero-order valence-corrected chi connectivity index (χ0v) is 8.13.